The number of nitrogens with one attached hydrogen (secondary N) is 1. The SMILES string of the molecule is COC1CCN(S(=O)(=O)c2[nH]ncc2CN)C1. The molecule has 0 saturated carbocycles. The molecule has 1 aliphatic heterocycles. The molecule has 96 valence electrons. The van der Waals surface area contributed by atoms with Crippen LogP contribution in [-0.2, 0) is 21.3 Å². The topological polar surface area (TPSA) is 101 Å². The fourth-order valence-corrected chi connectivity index (χ4v) is 3.51. The molecular weight excluding hydrogens is 244 g/mol. The number of aromatic nitrogens is 2. The van der Waals surface area contributed by atoms with Gasteiger partial charge in [0.25, 0.3) is 10.0 Å². The molecule has 2 heterocycles. The lowest BCUT2D eigenvalue weighted by atomic mass is 10.3. The third-order valence-corrected chi connectivity index (χ3v) is 4.82. The molecule has 0 aliphatic carbocycles. The van der Waals surface area contributed by atoms with E-state index in [0.717, 1.165) is 0 Å². The molecule has 3 N–H and O–H groups in total. The summed E-state index contributed by atoms with van der Waals surface area (Å²) in [5.41, 5.74) is 5.98. The van der Waals surface area contributed by atoms with Gasteiger partial charge >= 0.3 is 0 Å². The number of ether oxygens (including phenoxy) is 1. The number of aromatic amines is 1. The smallest absolute Gasteiger partial charge is 0.260 e. The maximum atomic E-state index is 12.3. The Balaban J connectivity index is 2.26. The Hall–Kier alpha value is -0.960. The first kappa shape index (κ1) is 12.5. The molecule has 8 heteroatoms. The van der Waals surface area contributed by atoms with Crippen molar-refractivity contribution in [3.05, 3.63) is 11.8 Å². The van der Waals surface area contributed by atoms with E-state index in [0.29, 0.717) is 25.1 Å². The Morgan fingerprint density at radius 3 is 3.06 bits per heavy atom. The van der Waals surface area contributed by atoms with E-state index < -0.39 is 10.0 Å². The second-order valence-corrected chi connectivity index (χ2v) is 5.81. The van der Waals surface area contributed by atoms with Gasteiger partial charge in [-0.25, -0.2) is 8.42 Å². The first-order valence-corrected chi connectivity index (χ1v) is 6.79. The molecule has 1 aliphatic rings. The average Bonchev–Trinajstić information content (AvgIpc) is 2.97. The number of hydrogen-bond donors (Lipinski definition) is 2. The quantitative estimate of drug-likeness (QED) is 0.743. The van der Waals surface area contributed by atoms with Gasteiger partial charge < -0.3 is 10.5 Å². The first-order valence-electron chi connectivity index (χ1n) is 5.35. The zero-order chi connectivity index (χ0) is 12.5. The largest absolute Gasteiger partial charge is 0.380 e. The highest BCUT2D eigenvalue weighted by atomic mass is 32.2. The van der Waals surface area contributed by atoms with Gasteiger partial charge in [-0.05, 0) is 6.42 Å². The minimum absolute atomic E-state index is 0.0333. The van der Waals surface area contributed by atoms with Crippen LogP contribution >= 0.6 is 0 Å². The van der Waals surface area contributed by atoms with E-state index in [4.69, 9.17) is 10.5 Å². The van der Waals surface area contributed by atoms with Crippen molar-refractivity contribution in [2.24, 2.45) is 5.73 Å². The highest BCUT2D eigenvalue weighted by Crippen LogP contribution is 2.22. The first-order chi connectivity index (χ1) is 8.09. The van der Waals surface area contributed by atoms with Crippen LogP contribution in [0.3, 0.4) is 0 Å². The second-order valence-electron chi connectivity index (χ2n) is 3.94. The average molecular weight is 260 g/mol. The Kier molecular flexibility index (Phi) is 3.48. The fourth-order valence-electron chi connectivity index (χ4n) is 1.91. The lowest BCUT2D eigenvalue weighted by Crippen LogP contribution is -2.31. The fraction of sp³-hybridized carbons (Fsp3) is 0.667. The van der Waals surface area contributed by atoms with Gasteiger partial charge in [0.1, 0.15) is 0 Å². The zero-order valence-electron chi connectivity index (χ0n) is 9.59. The van der Waals surface area contributed by atoms with Gasteiger partial charge in [-0.1, -0.05) is 0 Å². The summed E-state index contributed by atoms with van der Waals surface area (Å²) in [5, 5.41) is 6.33. The summed E-state index contributed by atoms with van der Waals surface area (Å²) in [7, 11) is -1.94. The highest BCUT2D eigenvalue weighted by Gasteiger charge is 2.34. The van der Waals surface area contributed by atoms with E-state index in [1.54, 1.807) is 7.11 Å². The molecule has 1 saturated heterocycles. The molecule has 1 unspecified atom stereocenters. The molecule has 2 rings (SSSR count). The third-order valence-electron chi connectivity index (χ3n) is 2.94. The summed E-state index contributed by atoms with van der Waals surface area (Å²) >= 11 is 0. The van der Waals surface area contributed by atoms with Gasteiger partial charge in [-0.3, -0.25) is 5.10 Å². The Labute approximate surface area is 100.0 Å². The highest BCUT2D eigenvalue weighted by molar-refractivity contribution is 7.89. The third kappa shape index (κ3) is 2.21. The van der Waals surface area contributed by atoms with Crippen molar-refractivity contribution in [2.75, 3.05) is 20.2 Å². The van der Waals surface area contributed by atoms with E-state index in [1.165, 1.54) is 10.5 Å². The van der Waals surface area contributed by atoms with Crippen LogP contribution in [0.2, 0.25) is 0 Å². The number of rotatable bonds is 4. The van der Waals surface area contributed by atoms with E-state index in [-0.39, 0.29) is 17.7 Å². The molecule has 1 aromatic heterocycles. The molecule has 0 aromatic carbocycles. The summed E-state index contributed by atoms with van der Waals surface area (Å²) in [6, 6.07) is 0. The van der Waals surface area contributed by atoms with Gasteiger partial charge in [-0.15, -0.1) is 0 Å². The molecule has 1 atom stereocenters. The van der Waals surface area contributed by atoms with Crippen LogP contribution in [0.1, 0.15) is 12.0 Å². The van der Waals surface area contributed by atoms with Crippen molar-refractivity contribution in [3.8, 4) is 0 Å². The number of H-pyrrole nitrogens is 1. The van der Waals surface area contributed by atoms with Gasteiger partial charge in [-0.2, -0.15) is 9.40 Å². The molecule has 0 amide bonds. The minimum Gasteiger partial charge on any atom is -0.380 e. The molecule has 0 radical (unpaired) electrons. The van der Waals surface area contributed by atoms with E-state index in [1.807, 2.05) is 0 Å². The summed E-state index contributed by atoms with van der Waals surface area (Å²) in [6.45, 7) is 0.984. The van der Waals surface area contributed by atoms with Crippen LogP contribution in [0, 0.1) is 0 Å². The van der Waals surface area contributed by atoms with Crippen LogP contribution < -0.4 is 5.73 Å². The summed E-state index contributed by atoms with van der Waals surface area (Å²) in [5.74, 6) is 0. The van der Waals surface area contributed by atoms with Crippen molar-refractivity contribution in [1.82, 2.24) is 14.5 Å². The number of methoxy groups -OCH3 is 1. The monoisotopic (exact) mass is 260 g/mol. The lowest BCUT2D eigenvalue weighted by Gasteiger charge is -2.15. The van der Waals surface area contributed by atoms with Gasteiger partial charge in [0.2, 0.25) is 0 Å². The lowest BCUT2D eigenvalue weighted by molar-refractivity contribution is 0.115. The van der Waals surface area contributed by atoms with Crippen LogP contribution in [0.5, 0.6) is 0 Å². The predicted molar refractivity (Wildman–Crippen MR) is 60.7 cm³/mol. The molecular formula is C9H16N4O3S. The van der Waals surface area contributed by atoms with E-state index in [9.17, 15) is 8.42 Å². The Morgan fingerprint density at radius 1 is 1.71 bits per heavy atom. The normalized spacial score (nSPS) is 22.1. The van der Waals surface area contributed by atoms with Crippen LogP contribution in [0.4, 0.5) is 0 Å². The van der Waals surface area contributed by atoms with E-state index in [2.05, 4.69) is 10.2 Å². The van der Waals surface area contributed by atoms with Crippen molar-refractivity contribution in [2.45, 2.75) is 24.1 Å². The minimum atomic E-state index is -3.53. The van der Waals surface area contributed by atoms with Gasteiger partial charge in [0.05, 0.1) is 12.3 Å². The summed E-state index contributed by atoms with van der Waals surface area (Å²) in [6.07, 6.45) is 2.12. The maximum absolute atomic E-state index is 12.3. The maximum Gasteiger partial charge on any atom is 0.260 e. The molecule has 17 heavy (non-hydrogen) atoms. The van der Waals surface area contributed by atoms with E-state index >= 15 is 0 Å². The number of hydrogen-bond acceptors (Lipinski definition) is 5. The molecule has 1 fully saturated rings. The van der Waals surface area contributed by atoms with Crippen LogP contribution in [0.15, 0.2) is 11.2 Å². The van der Waals surface area contributed by atoms with Gasteiger partial charge in [0.15, 0.2) is 5.03 Å². The van der Waals surface area contributed by atoms with Crippen molar-refractivity contribution in [1.29, 1.82) is 0 Å². The second kappa shape index (κ2) is 4.73. The zero-order valence-corrected chi connectivity index (χ0v) is 10.4. The summed E-state index contributed by atoms with van der Waals surface area (Å²) < 4.78 is 31.1. The van der Waals surface area contributed by atoms with Crippen molar-refractivity contribution < 1.29 is 13.2 Å². The van der Waals surface area contributed by atoms with Crippen molar-refractivity contribution >= 4 is 10.0 Å². The molecule has 0 bridgehead atoms. The van der Waals surface area contributed by atoms with Crippen LogP contribution in [0.25, 0.3) is 0 Å². The summed E-state index contributed by atoms with van der Waals surface area (Å²) in [4.78, 5) is 0. The Bertz CT molecular complexity index is 484. The Morgan fingerprint density at radius 2 is 2.47 bits per heavy atom. The molecule has 7 nitrogen and oxygen atoms in total. The molecule has 0 spiro atoms. The predicted octanol–water partition coefficient (Wildman–Crippen LogP) is -0.722. The number of nitrogens with two attached hydrogens (primary N) is 1. The molecule has 1 aromatic rings. The standard InChI is InChI=1S/C9H16N4O3S/c1-16-8-2-3-13(6-8)17(14,15)9-7(4-10)5-11-12-9/h5,8H,2-4,6,10H2,1H3,(H,11,12). The van der Waals surface area contributed by atoms with Crippen molar-refractivity contribution in [3.63, 3.8) is 0 Å². The number of nitrogens with zero attached hydrogens (tertiary/aromatic N) is 2. The van der Waals surface area contributed by atoms with Crippen LogP contribution in [-0.4, -0.2) is 49.2 Å². The van der Waals surface area contributed by atoms with Gasteiger partial charge in [0, 0.05) is 32.3 Å². The number of sulfonamides is 1.